The maximum atomic E-state index is 12.3. The second-order valence-corrected chi connectivity index (χ2v) is 10.5. The molecule has 7 heteroatoms. The van der Waals surface area contributed by atoms with Gasteiger partial charge in [0.1, 0.15) is 5.25 Å². The van der Waals surface area contributed by atoms with Crippen LogP contribution in [-0.4, -0.2) is 55.0 Å². The number of morpholine rings is 1. The van der Waals surface area contributed by atoms with E-state index < -0.39 is 26.2 Å². The van der Waals surface area contributed by atoms with Crippen molar-refractivity contribution >= 4 is 15.7 Å². The maximum absolute atomic E-state index is 12.3. The lowest BCUT2D eigenvalue weighted by Gasteiger charge is -2.35. The molecule has 0 saturated carbocycles. The van der Waals surface area contributed by atoms with Gasteiger partial charge in [0.25, 0.3) is 0 Å². The maximum Gasteiger partial charge on any atom is 0.238 e. The zero-order valence-electron chi connectivity index (χ0n) is 16.9. The molecular weight excluding hydrogens is 364 g/mol. The number of carbonyl (C=O) groups excluding carboxylic acids is 1. The van der Waals surface area contributed by atoms with Crippen molar-refractivity contribution in [2.24, 2.45) is 0 Å². The first-order valence-corrected chi connectivity index (χ1v) is 11.2. The standard InChI is InChI=1S/C20H32N2O4S/c1-14(2)27(24,25)17(5)20(23)21-10-18-8-6-7-9-19(18)13-22-11-15(3)26-16(4)12-22/h6-9,14-17H,10-13H2,1-5H3,(H,21,23). The van der Waals surface area contributed by atoms with Crippen molar-refractivity contribution in [1.82, 2.24) is 10.2 Å². The Labute approximate surface area is 163 Å². The lowest BCUT2D eigenvalue weighted by Crippen LogP contribution is -2.45. The van der Waals surface area contributed by atoms with Crippen molar-refractivity contribution in [3.8, 4) is 0 Å². The van der Waals surface area contributed by atoms with Crippen LogP contribution in [0.4, 0.5) is 0 Å². The fourth-order valence-corrected chi connectivity index (χ4v) is 4.62. The third-order valence-electron chi connectivity index (χ3n) is 4.98. The molecule has 1 N–H and O–H groups in total. The summed E-state index contributed by atoms with van der Waals surface area (Å²) in [6, 6.07) is 7.95. The normalized spacial score (nSPS) is 22.6. The highest BCUT2D eigenvalue weighted by molar-refractivity contribution is 7.93. The summed E-state index contributed by atoms with van der Waals surface area (Å²) in [4.78, 5) is 14.7. The van der Waals surface area contributed by atoms with E-state index in [9.17, 15) is 13.2 Å². The monoisotopic (exact) mass is 396 g/mol. The Hall–Kier alpha value is -1.44. The van der Waals surface area contributed by atoms with Gasteiger partial charge in [0.2, 0.25) is 5.91 Å². The van der Waals surface area contributed by atoms with Gasteiger partial charge in [0.05, 0.1) is 17.5 Å². The number of sulfone groups is 1. The Morgan fingerprint density at radius 1 is 1.15 bits per heavy atom. The predicted molar refractivity (Wildman–Crippen MR) is 107 cm³/mol. The van der Waals surface area contributed by atoms with Gasteiger partial charge in [-0.1, -0.05) is 24.3 Å². The Bertz CT molecular complexity index is 738. The predicted octanol–water partition coefficient (Wildman–Crippen LogP) is 2.12. The first-order valence-electron chi connectivity index (χ1n) is 9.56. The molecule has 27 heavy (non-hydrogen) atoms. The van der Waals surface area contributed by atoms with E-state index in [2.05, 4.69) is 30.1 Å². The van der Waals surface area contributed by atoms with Gasteiger partial charge in [0.15, 0.2) is 9.84 Å². The minimum Gasteiger partial charge on any atom is -0.373 e. The lowest BCUT2D eigenvalue weighted by molar-refractivity contribution is -0.120. The van der Waals surface area contributed by atoms with Gasteiger partial charge in [-0.05, 0) is 45.7 Å². The van der Waals surface area contributed by atoms with E-state index in [0.29, 0.717) is 6.54 Å². The van der Waals surface area contributed by atoms with Crippen LogP contribution in [0.15, 0.2) is 24.3 Å². The molecule has 1 fully saturated rings. The van der Waals surface area contributed by atoms with Crippen molar-refractivity contribution in [2.75, 3.05) is 13.1 Å². The number of ether oxygens (including phenoxy) is 1. The van der Waals surface area contributed by atoms with E-state index in [-0.39, 0.29) is 12.2 Å². The lowest BCUT2D eigenvalue weighted by atomic mass is 10.1. The molecule has 0 bridgehead atoms. The minimum absolute atomic E-state index is 0.197. The number of nitrogens with zero attached hydrogens (tertiary/aromatic N) is 1. The third-order valence-corrected chi connectivity index (χ3v) is 7.49. The molecule has 152 valence electrons. The highest BCUT2D eigenvalue weighted by Crippen LogP contribution is 2.17. The van der Waals surface area contributed by atoms with Crippen LogP contribution < -0.4 is 5.32 Å². The summed E-state index contributed by atoms with van der Waals surface area (Å²) in [5.74, 6) is -0.452. The van der Waals surface area contributed by atoms with Gasteiger partial charge in [-0.25, -0.2) is 8.42 Å². The van der Waals surface area contributed by atoms with Crippen LogP contribution in [0.2, 0.25) is 0 Å². The molecule has 1 amide bonds. The van der Waals surface area contributed by atoms with Crippen LogP contribution in [0.1, 0.15) is 45.7 Å². The molecule has 0 spiro atoms. The average molecular weight is 397 g/mol. The summed E-state index contributed by atoms with van der Waals surface area (Å²) >= 11 is 0. The van der Waals surface area contributed by atoms with Gasteiger partial charge in [-0.3, -0.25) is 9.69 Å². The van der Waals surface area contributed by atoms with E-state index in [0.717, 1.165) is 30.8 Å². The Morgan fingerprint density at radius 2 is 1.70 bits per heavy atom. The molecule has 0 aliphatic carbocycles. The van der Waals surface area contributed by atoms with Gasteiger partial charge < -0.3 is 10.1 Å². The van der Waals surface area contributed by atoms with Gasteiger partial charge in [0, 0.05) is 26.2 Å². The fourth-order valence-electron chi connectivity index (χ4n) is 3.42. The Morgan fingerprint density at radius 3 is 2.26 bits per heavy atom. The minimum atomic E-state index is -3.46. The van der Waals surface area contributed by atoms with Crippen LogP contribution >= 0.6 is 0 Å². The number of amides is 1. The third kappa shape index (κ3) is 5.77. The highest BCUT2D eigenvalue weighted by atomic mass is 32.2. The number of rotatable bonds is 7. The van der Waals surface area contributed by atoms with E-state index >= 15 is 0 Å². The van der Waals surface area contributed by atoms with Gasteiger partial charge in [-0.2, -0.15) is 0 Å². The van der Waals surface area contributed by atoms with E-state index in [4.69, 9.17) is 4.74 Å². The number of hydrogen-bond donors (Lipinski definition) is 1. The molecule has 1 aromatic carbocycles. The summed E-state index contributed by atoms with van der Waals surface area (Å²) in [5.41, 5.74) is 2.14. The Kier molecular flexibility index (Phi) is 7.42. The molecule has 0 aromatic heterocycles. The number of carbonyl (C=O) groups is 1. The largest absolute Gasteiger partial charge is 0.373 e. The Balaban J connectivity index is 2.02. The summed E-state index contributed by atoms with van der Waals surface area (Å²) in [7, 11) is -3.46. The summed E-state index contributed by atoms with van der Waals surface area (Å²) < 4.78 is 30.2. The van der Waals surface area contributed by atoms with Crippen molar-refractivity contribution < 1.29 is 17.9 Å². The van der Waals surface area contributed by atoms with Crippen LogP contribution in [0.5, 0.6) is 0 Å². The van der Waals surface area contributed by atoms with Gasteiger partial charge in [-0.15, -0.1) is 0 Å². The molecule has 1 aliphatic heterocycles. The first kappa shape index (κ1) is 21.9. The van der Waals surface area contributed by atoms with E-state index in [1.807, 2.05) is 18.2 Å². The molecular formula is C20H32N2O4S. The zero-order valence-corrected chi connectivity index (χ0v) is 17.8. The second-order valence-electron chi connectivity index (χ2n) is 7.72. The molecule has 0 radical (unpaired) electrons. The average Bonchev–Trinajstić information content (AvgIpc) is 2.59. The van der Waals surface area contributed by atoms with Crippen LogP contribution in [0.3, 0.4) is 0 Å². The quantitative estimate of drug-likeness (QED) is 0.764. The molecule has 1 heterocycles. The number of benzene rings is 1. The second kappa shape index (κ2) is 9.17. The van der Waals surface area contributed by atoms with E-state index in [1.165, 1.54) is 6.92 Å². The fraction of sp³-hybridized carbons (Fsp3) is 0.650. The summed E-state index contributed by atoms with van der Waals surface area (Å²) in [6.45, 7) is 11.6. The van der Waals surface area contributed by atoms with Crippen LogP contribution in [-0.2, 0) is 32.5 Å². The highest BCUT2D eigenvalue weighted by Gasteiger charge is 2.30. The summed E-state index contributed by atoms with van der Waals surface area (Å²) in [5, 5.41) is 1.17. The number of nitrogens with one attached hydrogen (secondary N) is 1. The molecule has 6 nitrogen and oxygen atoms in total. The van der Waals surface area contributed by atoms with Crippen molar-refractivity contribution in [2.45, 2.75) is 70.4 Å². The molecule has 3 atom stereocenters. The van der Waals surface area contributed by atoms with Crippen molar-refractivity contribution in [1.29, 1.82) is 0 Å². The first-order chi connectivity index (χ1) is 12.6. The molecule has 1 aliphatic rings. The molecule has 2 rings (SSSR count). The number of hydrogen-bond acceptors (Lipinski definition) is 5. The van der Waals surface area contributed by atoms with Crippen LogP contribution in [0, 0.1) is 0 Å². The molecule has 1 saturated heterocycles. The van der Waals surface area contributed by atoms with Crippen molar-refractivity contribution in [3.05, 3.63) is 35.4 Å². The topological polar surface area (TPSA) is 75.7 Å². The zero-order chi connectivity index (χ0) is 20.2. The molecule has 1 aromatic rings. The summed E-state index contributed by atoms with van der Waals surface area (Å²) in [6.07, 6.45) is 0.394. The van der Waals surface area contributed by atoms with E-state index in [1.54, 1.807) is 13.8 Å². The molecule has 3 unspecified atom stereocenters. The van der Waals surface area contributed by atoms with Crippen LogP contribution in [0.25, 0.3) is 0 Å². The van der Waals surface area contributed by atoms with Gasteiger partial charge >= 0.3 is 0 Å². The van der Waals surface area contributed by atoms with Crippen molar-refractivity contribution in [3.63, 3.8) is 0 Å². The SMILES string of the molecule is CC1CN(Cc2ccccc2CNC(=O)C(C)S(=O)(=O)C(C)C)CC(C)O1. The smallest absolute Gasteiger partial charge is 0.238 e.